The van der Waals surface area contributed by atoms with Crippen LogP contribution in [0.5, 0.6) is 0 Å². The molecule has 0 fully saturated rings. The van der Waals surface area contributed by atoms with E-state index in [0.29, 0.717) is 6.61 Å². The molecule has 0 amide bonds. The van der Waals surface area contributed by atoms with Crippen LogP contribution in [0.25, 0.3) is 0 Å². The van der Waals surface area contributed by atoms with Crippen molar-refractivity contribution < 1.29 is 19.8 Å². The Morgan fingerprint density at radius 3 is 3.08 bits per heavy atom. The third kappa shape index (κ3) is 3.71. The van der Waals surface area contributed by atoms with E-state index < -0.39 is 6.10 Å². The van der Waals surface area contributed by atoms with Gasteiger partial charge in [-0.2, -0.15) is 0 Å². The fraction of sp³-hybridized carbons (Fsp3) is 0.875. The number of aliphatic hydroxyl groups is 2. The van der Waals surface area contributed by atoms with Crippen molar-refractivity contribution in [1.82, 2.24) is 0 Å². The molecule has 1 rings (SSSR count). The number of nitrogens with zero attached hydrogens (tertiary/aromatic N) is 1. The highest BCUT2D eigenvalue weighted by Crippen LogP contribution is 2.09. The van der Waals surface area contributed by atoms with Crippen molar-refractivity contribution in [2.24, 2.45) is 5.16 Å². The minimum atomic E-state index is -0.802. The molecule has 0 aromatic rings. The second-order valence-electron chi connectivity index (χ2n) is 3.13. The van der Waals surface area contributed by atoms with Crippen LogP contribution >= 0.6 is 0 Å². The van der Waals surface area contributed by atoms with E-state index in [0.717, 1.165) is 12.1 Å². The molecule has 76 valence electrons. The average Bonchev–Trinajstić information content (AvgIpc) is 2.51. The lowest BCUT2D eigenvalue weighted by atomic mass is 10.2. The molecule has 2 N–H and O–H groups in total. The van der Waals surface area contributed by atoms with Crippen LogP contribution in [-0.4, -0.2) is 48.0 Å². The molecule has 0 aromatic heterocycles. The van der Waals surface area contributed by atoms with Gasteiger partial charge in [0.05, 0.1) is 25.5 Å². The van der Waals surface area contributed by atoms with E-state index in [4.69, 9.17) is 19.8 Å². The van der Waals surface area contributed by atoms with Crippen molar-refractivity contribution >= 4 is 5.71 Å². The zero-order valence-corrected chi connectivity index (χ0v) is 7.64. The summed E-state index contributed by atoms with van der Waals surface area (Å²) in [5, 5.41) is 21.2. The summed E-state index contributed by atoms with van der Waals surface area (Å²) < 4.78 is 5.11. The van der Waals surface area contributed by atoms with Crippen molar-refractivity contribution in [1.29, 1.82) is 0 Å². The summed E-state index contributed by atoms with van der Waals surface area (Å²) in [6.45, 7) is 2.15. The third-order valence-corrected chi connectivity index (χ3v) is 1.71. The summed E-state index contributed by atoms with van der Waals surface area (Å²) in [6.07, 6.45) is -0.0656. The first-order valence-electron chi connectivity index (χ1n) is 4.28. The zero-order valence-electron chi connectivity index (χ0n) is 7.64. The molecule has 2 unspecified atom stereocenters. The van der Waals surface area contributed by atoms with Gasteiger partial charge < -0.3 is 19.8 Å². The van der Waals surface area contributed by atoms with Crippen molar-refractivity contribution in [3.05, 3.63) is 0 Å². The monoisotopic (exact) mass is 189 g/mol. The number of oxime groups is 1. The molecule has 0 saturated carbocycles. The number of hydrogen-bond acceptors (Lipinski definition) is 5. The van der Waals surface area contributed by atoms with Gasteiger partial charge in [0.2, 0.25) is 0 Å². The van der Waals surface area contributed by atoms with Crippen molar-refractivity contribution in [3.63, 3.8) is 0 Å². The number of ether oxygens (including phenoxy) is 1. The minimum absolute atomic E-state index is 0.0362. The molecule has 13 heavy (non-hydrogen) atoms. The van der Waals surface area contributed by atoms with Crippen LogP contribution in [0.3, 0.4) is 0 Å². The predicted molar refractivity (Wildman–Crippen MR) is 46.5 cm³/mol. The van der Waals surface area contributed by atoms with E-state index in [9.17, 15) is 0 Å². The summed E-state index contributed by atoms with van der Waals surface area (Å²) in [7, 11) is 0. The Morgan fingerprint density at radius 1 is 1.77 bits per heavy atom. The van der Waals surface area contributed by atoms with Crippen molar-refractivity contribution in [3.8, 4) is 0 Å². The van der Waals surface area contributed by atoms with Gasteiger partial charge >= 0.3 is 0 Å². The highest BCUT2D eigenvalue weighted by Gasteiger charge is 2.18. The molecule has 1 heterocycles. The maximum atomic E-state index is 8.94. The Labute approximate surface area is 77.0 Å². The summed E-state index contributed by atoms with van der Waals surface area (Å²) in [5.41, 5.74) is 0.955. The first kappa shape index (κ1) is 10.4. The van der Waals surface area contributed by atoms with Crippen LogP contribution in [0, 0.1) is 0 Å². The average molecular weight is 189 g/mol. The second kappa shape index (κ2) is 5.16. The summed E-state index contributed by atoms with van der Waals surface area (Å²) >= 11 is 0. The van der Waals surface area contributed by atoms with Gasteiger partial charge in [-0.3, -0.25) is 0 Å². The second-order valence-corrected chi connectivity index (χ2v) is 3.13. The Kier molecular flexibility index (Phi) is 4.14. The van der Waals surface area contributed by atoms with E-state index in [-0.39, 0.29) is 19.3 Å². The Hall–Kier alpha value is -0.650. The predicted octanol–water partition coefficient (Wildman–Crippen LogP) is -0.479. The molecule has 1 aliphatic heterocycles. The number of aliphatic hydroxyl groups excluding tert-OH is 2. The molecular formula is C8H15NO4. The highest BCUT2D eigenvalue weighted by atomic mass is 16.7. The largest absolute Gasteiger partial charge is 0.394 e. The van der Waals surface area contributed by atoms with Crippen LogP contribution in [0.15, 0.2) is 5.16 Å². The summed E-state index contributed by atoms with van der Waals surface area (Å²) in [6, 6.07) is 0. The van der Waals surface area contributed by atoms with Gasteiger partial charge in [-0.15, -0.1) is 0 Å². The highest BCUT2D eigenvalue weighted by molar-refractivity contribution is 5.82. The maximum Gasteiger partial charge on any atom is 0.156 e. The molecule has 0 saturated heterocycles. The van der Waals surface area contributed by atoms with Crippen molar-refractivity contribution in [2.45, 2.75) is 25.6 Å². The molecule has 0 aliphatic carbocycles. The van der Waals surface area contributed by atoms with Crippen LogP contribution in [0.4, 0.5) is 0 Å². The first-order valence-corrected chi connectivity index (χ1v) is 4.28. The SMILES string of the molecule is CC1=NOC(COCC(O)CO)C1. The Balaban J connectivity index is 2.01. The third-order valence-electron chi connectivity index (χ3n) is 1.71. The summed E-state index contributed by atoms with van der Waals surface area (Å²) in [4.78, 5) is 5.00. The van der Waals surface area contributed by atoms with E-state index in [1.54, 1.807) is 0 Å². The van der Waals surface area contributed by atoms with Gasteiger partial charge in [0.15, 0.2) is 6.10 Å². The lowest BCUT2D eigenvalue weighted by molar-refractivity contribution is -0.0375. The molecule has 2 atom stereocenters. The van der Waals surface area contributed by atoms with Gasteiger partial charge in [0.25, 0.3) is 0 Å². The van der Waals surface area contributed by atoms with Crippen LogP contribution in [0.2, 0.25) is 0 Å². The molecule has 1 aliphatic rings. The molecule has 0 radical (unpaired) electrons. The number of hydrogen-bond donors (Lipinski definition) is 2. The lowest BCUT2D eigenvalue weighted by Gasteiger charge is -2.11. The first-order chi connectivity index (χ1) is 6.22. The normalized spacial score (nSPS) is 23.9. The molecular weight excluding hydrogens is 174 g/mol. The molecule has 5 heteroatoms. The summed E-state index contributed by atoms with van der Waals surface area (Å²) in [5.74, 6) is 0. The topological polar surface area (TPSA) is 71.3 Å². The van der Waals surface area contributed by atoms with Crippen molar-refractivity contribution in [2.75, 3.05) is 19.8 Å². The maximum absolute atomic E-state index is 8.94. The fourth-order valence-electron chi connectivity index (χ4n) is 1.05. The molecule has 0 spiro atoms. The van der Waals surface area contributed by atoms with Gasteiger partial charge in [-0.1, -0.05) is 5.16 Å². The van der Waals surface area contributed by atoms with E-state index >= 15 is 0 Å². The van der Waals surface area contributed by atoms with E-state index in [2.05, 4.69) is 5.16 Å². The Bertz CT molecular complexity index is 183. The van der Waals surface area contributed by atoms with Crippen LogP contribution < -0.4 is 0 Å². The van der Waals surface area contributed by atoms with E-state index in [1.165, 1.54) is 0 Å². The van der Waals surface area contributed by atoms with Gasteiger partial charge in [-0.25, -0.2) is 0 Å². The smallest absolute Gasteiger partial charge is 0.156 e. The van der Waals surface area contributed by atoms with Crippen LogP contribution in [0.1, 0.15) is 13.3 Å². The standard InChI is InChI=1S/C8H15NO4/c1-6-2-8(13-9-6)5-12-4-7(11)3-10/h7-8,10-11H,2-5H2,1H3. The lowest BCUT2D eigenvalue weighted by Crippen LogP contribution is -2.23. The van der Waals surface area contributed by atoms with Gasteiger partial charge in [0.1, 0.15) is 6.10 Å². The van der Waals surface area contributed by atoms with Gasteiger partial charge in [0, 0.05) is 6.42 Å². The fourth-order valence-corrected chi connectivity index (χ4v) is 1.05. The molecule has 0 aromatic carbocycles. The van der Waals surface area contributed by atoms with Gasteiger partial charge in [-0.05, 0) is 6.92 Å². The number of rotatable bonds is 5. The molecule has 0 bridgehead atoms. The minimum Gasteiger partial charge on any atom is -0.394 e. The van der Waals surface area contributed by atoms with E-state index in [1.807, 2.05) is 6.92 Å². The zero-order chi connectivity index (χ0) is 9.68. The quantitative estimate of drug-likeness (QED) is 0.613. The van der Waals surface area contributed by atoms with Crippen LogP contribution in [-0.2, 0) is 9.57 Å². The molecule has 5 nitrogen and oxygen atoms in total. The Morgan fingerprint density at radius 2 is 2.54 bits per heavy atom.